The van der Waals surface area contributed by atoms with Crippen LogP contribution in [0, 0.1) is 0 Å². The fourth-order valence-electron chi connectivity index (χ4n) is 2.93. The second-order valence-corrected chi connectivity index (χ2v) is 8.98. The number of hydrogen-bond donors (Lipinski definition) is 0. The van der Waals surface area contributed by atoms with Crippen LogP contribution in [0.1, 0.15) is 90.9 Å². The van der Waals surface area contributed by atoms with E-state index in [-0.39, 0.29) is 29.6 Å². The molecule has 0 spiro atoms. The number of para-hydroxylation sites is 1. The van der Waals surface area contributed by atoms with Crippen molar-refractivity contribution in [2.75, 3.05) is 0 Å². The number of benzene rings is 1. The molecule has 0 N–H and O–H groups in total. The minimum absolute atomic E-state index is 0. The van der Waals surface area contributed by atoms with Gasteiger partial charge in [-0.05, 0) is 25.5 Å². The zero-order valence-electron chi connectivity index (χ0n) is 16.1. The summed E-state index contributed by atoms with van der Waals surface area (Å²) < 4.78 is 29.6. The SMILES string of the molecule is CCCCCCCCCCCCCC(C)S(=O)(=O)Oc1ccccc1.[NaH]. The van der Waals surface area contributed by atoms with Crippen LogP contribution >= 0.6 is 0 Å². The third-order valence-corrected chi connectivity index (χ3v) is 6.31. The topological polar surface area (TPSA) is 43.4 Å². The monoisotopic (exact) mass is 392 g/mol. The molecule has 0 aliphatic rings. The first-order valence-corrected chi connectivity index (χ1v) is 11.5. The Balaban J connectivity index is 0.00000625. The van der Waals surface area contributed by atoms with E-state index in [1.54, 1.807) is 31.2 Å². The maximum atomic E-state index is 12.2. The van der Waals surface area contributed by atoms with Crippen molar-refractivity contribution in [3.05, 3.63) is 30.3 Å². The van der Waals surface area contributed by atoms with Gasteiger partial charge in [0.15, 0.2) is 0 Å². The van der Waals surface area contributed by atoms with Crippen LogP contribution in [0.25, 0.3) is 0 Å². The summed E-state index contributed by atoms with van der Waals surface area (Å²) in [5.74, 6) is 0.397. The van der Waals surface area contributed by atoms with E-state index >= 15 is 0 Å². The summed E-state index contributed by atoms with van der Waals surface area (Å²) in [4.78, 5) is 0. The first kappa shape index (κ1) is 26.0. The van der Waals surface area contributed by atoms with Crippen molar-refractivity contribution in [3.63, 3.8) is 0 Å². The van der Waals surface area contributed by atoms with Gasteiger partial charge in [-0.15, -0.1) is 0 Å². The number of unbranched alkanes of at least 4 members (excludes halogenated alkanes) is 10. The van der Waals surface area contributed by atoms with E-state index in [2.05, 4.69) is 6.92 Å². The van der Waals surface area contributed by atoms with Gasteiger partial charge < -0.3 is 4.18 Å². The molecule has 146 valence electrons. The second-order valence-electron chi connectivity index (χ2n) is 7.02. The molecule has 1 unspecified atom stereocenters. The molecule has 5 heteroatoms. The molecule has 0 radical (unpaired) electrons. The molecule has 1 aromatic carbocycles. The molecule has 1 atom stereocenters. The van der Waals surface area contributed by atoms with Gasteiger partial charge in [-0.3, -0.25) is 0 Å². The molecule has 3 nitrogen and oxygen atoms in total. The van der Waals surface area contributed by atoms with Gasteiger partial charge in [-0.2, -0.15) is 8.42 Å². The van der Waals surface area contributed by atoms with E-state index < -0.39 is 15.4 Å². The third kappa shape index (κ3) is 12.4. The molecule has 1 aromatic rings. The van der Waals surface area contributed by atoms with Crippen LogP contribution in [0.4, 0.5) is 0 Å². The van der Waals surface area contributed by atoms with Gasteiger partial charge >= 0.3 is 39.7 Å². The molecule has 26 heavy (non-hydrogen) atoms. The van der Waals surface area contributed by atoms with Crippen LogP contribution in [0.2, 0.25) is 0 Å². The van der Waals surface area contributed by atoms with Crippen molar-refractivity contribution in [2.45, 2.75) is 96.1 Å². The predicted molar refractivity (Wildman–Crippen MR) is 114 cm³/mol. The van der Waals surface area contributed by atoms with Gasteiger partial charge in [0.2, 0.25) is 0 Å². The van der Waals surface area contributed by atoms with E-state index in [0.29, 0.717) is 12.2 Å². The zero-order chi connectivity index (χ0) is 18.4. The van der Waals surface area contributed by atoms with Crippen molar-refractivity contribution in [1.82, 2.24) is 0 Å². The van der Waals surface area contributed by atoms with E-state index in [4.69, 9.17) is 4.18 Å². The zero-order valence-corrected chi connectivity index (χ0v) is 16.9. The Hall–Kier alpha value is -0.0300. The maximum absolute atomic E-state index is 12.2. The first-order valence-electron chi connectivity index (χ1n) is 10.0. The molecule has 1 rings (SSSR count). The van der Waals surface area contributed by atoms with Crippen LogP contribution in [0.15, 0.2) is 30.3 Å². The van der Waals surface area contributed by atoms with Crippen molar-refractivity contribution >= 4 is 39.7 Å². The molecule has 0 aliphatic carbocycles. The molecule has 0 aliphatic heterocycles. The van der Waals surface area contributed by atoms with Gasteiger partial charge in [0, 0.05) is 0 Å². The van der Waals surface area contributed by atoms with Gasteiger partial charge in [0.1, 0.15) is 5.75 Å². The Bertz CT molecular complexity index is 531. The standard InChI is InChI=1S/C21H36O3S.Na.H/c1-3-4-5-6-7-8-9-10-11-12-14-17-20(2)25(22,23)24-21-18-15-13-16-19-21;;/h13,15-16,18-20H,3-12,14,17H2,1-2H3;;. The molecule has 0 saturated heterocycles. The molecule has 0 saturated carbocycles. The molecule has 0 heterocycles. The molecule has 0 bridgehead atoms. The summed E-state index contributed by atoms with van der Waals surface area (Å²) in [6.07, 6.45) is 14.7. The van der Waals surface area contributed by atoms with Crippen LogP contribution in [-0.2, 0) is 10.1 Å². The number of rotatable bonds is 15. The minimum atomic E-state index is -3.53. The number of hydrogen-bond acceptors (Lipinski definition) is 3. The Labute approximate surface area is 183 Å². The Morgan fingerprint density at radius 2 is 1.27 bits per heavy atom. The molecular weight excluding hydrogens is 355 g/mol. The van der Waals surface area contributed by atoms with Crippen molar-refractivity contribution in [3.8, 4) is 5.75 Å². The van der Waals surface area contributed by atoms with E-state index in [1.165, 1.54) is 57.8 Å². The summed E-state index contributed by atoms with van der Waals surface area (Å²) in [5, 5.41) is -0.453. The summed E-state index contributed by atoms with van der Waals surface area (Å²) in [7, 11) is -3.53. The summed E-state index contributed by atoms with van der Waals surface area (Å²) in [5.41, 5.74) is 0. The van der Waals surface area contributed by atoms with E-state index in [1.807, 2.05) is 6.07 Å². The predicted octanol–water partition coefficient (Wildman–Crippen LogP) is 5.84. The first-order chi connectivity index (χ1) is 12.1. The molecule has 0 aromatic heterocycles. The van der Waals surface area contributed by atoms with E-state index in [0.717, 1.165) is 12.8 Å². The normalized spacial score (nSPS) is 12.4. The molecule has 0 fully saturated rings. The van der Waals surface area contributed by atoms with E-state index in [9.17, 15) is 8.42 Å². The quantitative estimate of drug-likeness (QED) is 0.214. The average molecular weight is 393 g/mol. The Morgan fingerprint density at radius 1 is 0.808 bits per heavy atom. The Morgan fingerprint density at radius 3 is 1.77 bits per heavy atom. The van der Waals surface area contributed by atoms with Crippen molar-refractivity contribution in [1.29, 1.82) is 0 Å². The Kier molecular flexibility index (Phi) is 16.0. The van der Waals surface area contributed by atoms with Gasteiger partial charge in [-0.25, -0.2) is 0 Å². The van der Waals surface area contributed by atoms with Gasteiger partial charge in [-0.1, -0.05) is 95.8 Å². The fourth-order valence-corrected chi connectivity index (χ4v) is 3.93. The molecule has 0 amide bonds. The summed E-state index contributed by atoms with van der Waals surface area (Å²) in [6.45, 7) is 3.99. The van der Waals surface area contributed by atoms with Crippen LogP contribution < -0.4 is 4.18 Å². The van der Waals surface area contributed by atoms with Crippen LogP contribution in [0.3, 0.4) is 0 Å². The van der Waals surface area contributed by atoms with Crippen LogP contribution in [-0.4, -0.2) is 43.2 Å². The fraction of sp³-hybridized carbons (Fsp3) is 0.714. The van der Waals surface area contributed by atoms with Crippen LogP contribution in [0.5, 0.6) is 5.75 Å². The van der Waals surface area contributed by atoms with Crippen molar-refractivity contribution < 1.29 is 12.6 Å². The average Bonchev–Trinajstić information content (AvgIpc) is 2.60. The summed E-state index contributed by atoms with van der Waals surface area (Å²) >= 11 is 0. The van der Waals surface area contributed by atoms with Crippen molar-refractivity contribution in [2.24, 2.45) is 0 Å². The summed E-state index contributed by atoms with van der Waals surface area (Å²) in [6, 6.07) is 8.74. The molecular formula is C21H37NaO3S. The van der Waals surface area contributed by atoms with Gasteiger partial charge in [0.25, 0.3) is 0 Å². The second kappa shape index (κ2) is 16.0. The van der Waals surface area contributed by atoms with Gasteiger partial charge in [0.05, 0.1) is 5.25 Å². The third-order valence-electron chi connectivity index (χ3n) is 4.66.